The number of aryl methyl sites for hydroxylation is 1. The van der Waals surface area contributed by atoms with Crippen LogP contribution in [0.1, 0.15) is 15.9 Å². The van der Waals surface area contributed by atoms with Crippen molar-refractivity contribution in [2.45, 2.75) is 6.92 Å². The van der Waals surface area contributed by atoms with Gasteiger partial charge >= 0.3 is 11.7 Å². The third-order valence-corrected chi connectivity index (χ3v) is 3.01. The Morgan fingerprint density at radius 1 is 1.24 bits per heavy atom. The van der Waals surface area contributed by atoms with Crippen LogP contribution in [0.25, 0.3) is 0 Å². The van der Waals surface area contributed by atoms with E-state index in [0.29, 0.717) is 0 Å². The minimum atomic E-state index is -1.12. The van der Waals surface area contributed by atoms with Crippen LogP contribution in [0.15, 0.2) is 36.4 Å². The lowest BCUT2D eigenvalue weighted by atomic mass is 10.2. The highest BCUT2D eigenvalue weighted by molar-refractivity contribution is 6.32. The largest absolute Gasteiger partial charge is 0.478 e. The second-order valence-corrected chi connectivity index (χ2v) is 4.69. The van der Waals surface area contributed by atoms with Crippen LogP contribution >= 0.6 is 11.6 Å². The molecule has 0 atom stereocenters. The van der Waals surface area contributed by atoms with E-state index in [1.165, 1.54) is 30.3 Å². The summed E-state index contributed by atoms with van der Waals surface area (Å²) in [5, 5.41) is 19.9. The van der Waals surface area contributed by atoms with Crippen LogP contribution in [0.2, 0.25) is 5.02 Å². The highest BCUT2D eigenvalue weighted by Gasteiger charge is 2.17. The first-order valence-electron chi connectivity index (χ1n) is 5.84. The summed E-state index contributed by atoms with van der Waals surface area (Å²) in [6.07, 6.45) is 0. The Bertz CT molecular complexity index is 729. The molecule has 0 saturated carbocycles. The van der Waals surface area contributed by atoms with Gasteiger partial charge in [-0.2, -0.15) is 0 Å². The van der Waals surface area contributed by atoms with Crippen LogP contribution in [0.4, 0.5) is 5.69 Å². The molecule has 0 aliphatic heterocycles. The number of benzene rings is 2. The maximum Gasteiger partial charge on any atom is 0.335 e. The quantitative estimate of drug-likeness (QED) is 0.680. The van der Waals surface area contributed by atoms with Gasteiger partial charge in [0.1, 0.15) is 5.75 Å². The van der Waals surface area contributed by atoms with Crippen molar-refractivity contribution in [1.82, 2.24) is 0 Å². The molecule has 0 aliphatic rings. The summed E-state index contributed by atoms with van der Waals surface area (Å²) >= 11 is 5.94. The third-order valence-electron chi connectivity index (χ3n) is 2.71. The lowest BCUT2D eigenvalue weighted by Crippen LogP contribution is -1.97. The fourth-order valence-corrected chi connectivity index (χ4v) is 1.91. The molecule has 0 bridgehead atoms. The predicted octanol–water partition coefficient (Wildman–Crippen LogP) is 4.05. The second kappa shape index (κ2) is 5.80. The van der Waals surface area contributed by atoms with Crippen molar-refractivity contribution in [1.29, 1.82) is 0 Å². The standard InChI is InChI=1S/C14H10ClNO5/c1-8-2-4-11(16(19)20)13(6-8)21-12-5-3-9(14(17)18)7-10(12)15/h2-7H,1H3,(H,17,18). The molecule has 7 heteroatoms. The zero-order chi connectivity index (χ0) is 15.6. The minimum absolute atomic E-state index is 0.00564. The molecule has 0 spiro atoms. The molecule has 2 aromatic rings. The number of nitro benzene ring substituents is 1. The van der Waals surface area contributed by atoms with Crippen LogP contribution in [-0.2, 0) is 0 Å². The first kappa shape index (κ1) is 14.8. The average Bonchev–Trinajstić information content (AvgIpc) is 2.40. The Balaban J connectivity index is 2.40. The van der Waals surface area contributed by atoms with Gasteiger partial charge in [0, 0.05) is 6.07 Å². The van der Waals surface area contributed by atoms with Crippen LogP contribution < -0.4 is 4.74 Å². The lowest BCUT2D eigenvalue weighted by molar-refractivity contribution is -0.385. The van der Waals surface area contributed by atoms with E-state index < -0.39 is 10.9 Å². The van der Waals surface area contributed by atoms with Gasteiger partial charge in [0.25, 0.3) is 0 Å². The summed E-state index contributed by atoms with van der Waals surface area (Å²) in [7, 11) is 0. The fourth-order valence-electron chi connectivity index (χ4n) is 1.69. The Labute approximate surface area is 124 Å². The minimum Gasteiger partial charge on any atom is -0.478 e. The third kappa shape index (κ3) is 3.29. The molecule has 108 valence electrons. The number of ether oxygens (including phenoxy) is 1. The van der Waals surface area contributed by atoms with Crippen LogP contribution in [0.5, 0.6) is 11.5 Å². The molecule has 0 amide bonds. The van der Waals surface area contributed by atoms with Gasteiger partial charge in [-0.25, -0.2) is 4.79 Å². The van der Waals surface area contributed by atoms with Crippen molar-refractivity contribution in [3.63, 3.8) is 0 Å². The van der Waals surface area contributed by atoms with E-state index in [0.717, 1.165) is 5.56 Å². The molecule has 1 N–H and O–H groups in total. The topological polar surface area (TPSA) is 89.7 Å². The smallest absolute Gasteiger partial charge is 0.335 e. The van der Waals surface area contributed by atoms with E-state index >= 15 is 0 Å². The van der Waals surface area contributed by atoms with Gasteiger partial charge in [-0.1, -0.05) is 17.7 Å². The number of carboxylic acids is 1. The normalized spacial score (nSPS) is 10.2. The number of hydrogen-bond acceptors (Lipinski definition) is 4. The van der Waals surface area contributed by atoms with Gasteiger partial charge in [0.05, 0.1) is 15.5 Å². The monoisotopic (exact) mass is 307 g/mol. The summed E-state index contributed by atoms with van der Waals surface area (Å²) in [4.78, 5) is 21.2. The van der Waals surface area contributed by atoms with E-state index in [-0.39, 0.29) is 27.8 Å². The molecule has 0 fully saturated rings. The fraction of sp³-hybridized carbons (Fsp3) is 0.0714. The number of nitro groups is 1. The molecule has 0 saturated heterocycles. The average molecular weight is 308 g/mol. The van der Waals surface area contributed by atoms with Gasteiger partial charge in [0.2, 0.25) is 5.75 Å². The number of carboxylic acid groups (broad SMARTS) is 1. The molecule has 0 aliphatic carbocycles. The van der Waals surface area contributed by atoms with Crippen molar-refractivity contribution in [3.8, 4) is 11.5 Å². The zero-order valence-electron chi connectivity index (χ0n) is 10.9. The van der Waals surface area contributed by atoms with E-state index in [1.54, 1.807) is 13.0 Å². The summed E-state index contributed by atoms with van der Waals surface area (Å²) < 4.78 is 5.45. The number of hydrogen-bond donors (Lipinski definition) is 1. The maximum atomic E-state index is 11.0. The second-order valence-electron chi connectivity index (χ2n) is 4.28. The predicted molar refractivity (Wildman–Crippen MR) is 76.3 cm³/mol. The molecule has 0 unspecified atom stereocenters. The molecule has 6 nitrogen and oxygen atoms in total. The Morgan fingerprint density at radius 3 is 2.52 bits per heavy atom. The number of aromatic carboxylic acids is 1. The lowest BCUT2D eigenvalue weighted by Gasteiger charge is -2.09. The van der Waals surface area contributed by atoms with E-state index in [1.807, 2.05) is 0 Å². The molecule has 0 aromatic heterocycles. The molecule has 0 heterocycles. The van der Waals surface area contributed by atoms with Crippen LogP contribution in [0.3, 0.4) is 0 Å². The highest BCUT2D eigenvalue weighted by atomic mass is 35.5. The first-order valence-corrected chi connectivity index (χ1v) is 6.22. The van der Waals surface area contributed by atoms with Gasteiger partial charge in [-0.05, 0) is 36.8 Å². The van der Waals surface area contributed by atoms with E-state index in [2.05, 4.69) is 0 Å². The Morgan fingerprint density at radius 2 is 1.95 bits per heavy atom. The van der Waals surface area contributed by atoms with Crippen molar-refractivity contribution in [2.24, 2.45) is 0 Å². The van der Waals surface area contributed by atoms with Gasteiger partial charge < -0.3 is 9.84 Å². The first-order chi connectivity index (χ1) is 9.88. The molecule has 2 aromatic carbocycles. The Hall–Kier alpha value is -2.60. The molecule has 21 heavy (non-hydrogen) atoms. The summed E-state index contributed by atoms with van der Waals surface area (Å²) in [6, 6.07) is 8.34. The Kier molecular flexibility index (Phi) is 4.09. The number of rotatable bonds is 4. The van der Waals surface area contributed by atoms with Crippen LogP contribution in [-0.4, -0.2) is 16.0 Å². The van der Waals surface area contributed by atoms with Crippen molar-refractivity contribution in [2.75, 3.05) is 0 Å². The van der Waals surface area contributed by atoms with Crippen molar-refractivity contribution in [3.05, 3.63) is 62.7 Å². The SMILES string of the molecule is Cc1ccc([N+](=O)[O-])c(Oc2ccc(C(=O)O)cc2Cl)c1. The summed E-state index contributed by atoms with van der Waals surface area (Å²) in [6.45, 7) is 1.77. The summed E-state index contributed by atoms with van der Waals surface area (Å²) in [5.41, 5.74) is 0.596. The van der Waals surface area contributed by atoms with Crippen molar-refractivity contribution >= 4 is 23.3 Å². The molecular weight excluding hydrogens is 298 g/mol. The number of nitrogens with zero attached hydrogens (tertiary/aromatic N) is 1. The molecule has 0 radical (unpaired) electrons. The molecular formula is C14H10ClNO5. The van der Waals surface area contributed by atoms with Gasteiger partial charge in [0.15, 0.2) is 0 Å². The van der Waals surface area contributed by atoms with Gasteiger partial charge in [-0.15, -0.1) is 0 Å². The summed E-state index contributed by atoms with van der Waals surface area (Å²) in [5.74, 6) is -0.926. The number of halogens is 1. The highest BCUT2D eigenvalue weighted by Crippen LogP contribution is 2.35. The van der Waals surface area contributed by atoms with E-state index in [4.69, 9.17) is 21.4 Å². The van der Waals surface area contributed by atoms with E-state index in [9.17, 15) is 14.9 Å². The van der Waals surface area contributed by atoms with Crippen LogP contribution in [0, 0.1) is 17.0 Å². The zero-order valence-corrected chi connectivity index (χ0v) is 11.6. The van der Waals surface area contributed by atoms with Crippen molar-refractivity contribution < 1.29 is 19.6 Å². The van der Waals surface area contributed by atoms with Gasteiger partial charge in [-0.3, -0.25) is 10.1 Å². The maximum absolute atomic E-state index is 11.0. The molecule has 2 rings (SSSR count). The number of carbonyl (C=O) groups is 1.